The Bertz CT molecular complexity index is 697. The number of carbonyl (C=O) groups is 1. The van der Waals surface area contributed by atoms with Crippen molar-refractivity contribution in [2.24, 2.45) is 0 Å². The molecule has 23 heavy (non-hydrogen) atoms. The first-order valence-corrected chi connectivity index (χ1v) is 7.45. The second kappa shape index (κ2) is 6.56. The molecule has 0 bridgehead atoms. The zero-order valence-electron chi connectivity index (χ0n) is 13.1. The molecule has 1 amide bonds. The molecule has 1 fully saturated rings. The van der Waals surface area contributed by atoms with E-state index in [1.165, 1.54) is 0 Å². The van der Waals surface area contributed by atoms with E-state index in [1.54, 1.807) is 26.5 Å². The molecule has 120 valence electrons. The van der Waals surface area contributed by atoms with Crippen LogP contribution in [0.5, 0.6) is 11.5 Å². The first-order valence-electron chi connectivity index (χ1n) is 7.45. The van der Waals surface area contributed by atoms with Gasteiger partial charge in [-0.25, -0.2) is 4.98 Å². The predicted molar refractivity (Wildman–Crippen MR) is 87.6 cm³/mol. The Morgan fingerprint density at radius 1 is 1.17 bits per heavy atom. The van der Waals surface area contributed by atoms with Gasteiger partial charge in [-0.15, -0.1) is 0 Å². The Hall–Kier alpha value is -2.76. The van der Waals surface area contributed by atoms with Crippen LogP contribution in [0.4, 0.5) is 11.4 Å². The Morgan fingerprint density at radius 2 is 2.00 bits per heavy atom. The average Bonchev–Trinajstić information content (AvgIpc) is 3.39. The van der Waals surface area contributed by atoms with Gasteiger partial charge >= 0.3 is 0 Å². The third kappa shape index (κ3) is 3.71. The van der Waals surface area contributed by atoms with Gasteiger partial charge in [0.2, 0.25) is 0 Å². The summed E-state index contributed by atoms with van der Waals surface area (Å²) in [6.45, 7) is 0. The highest BCUT2D eigenvalue weighted by atomic mass is 16.5. The van der Waals surface area contributed by atoms with Gasteiger partial charge in [-0.05, 0) is 37.1 Å². The van der Waals surface area contributed by atoms with Crippen LogP contribution < -0.4 is 20.1 Å². The fourth-order valence-electron chi connectivity index (χ4n) is 2.16. The lowest BCUT2D eigenvalue weighted by Crippen LogP contribution is -2.26. The highest BCUT2D eigenvalue weighted by Gasteiger charge is 2.24. The average molecular weight is 313 g/mol. The lowest BCUT2D eigenvalue weighted by Gasteiger charge is -2.12. The van der Waals surface area contributed by atoms with Crippen molar-refractivity contribution in [1.29, 1.82) is 0 Å². The molecule has 1 aliphatic carbocycles. The van der Waals surface area contributed by atoms with Crippen molar-refractivity contribution in [3.05, 3.63) is 42.2 Å². The van der Waals surface area contributed by atoms with Gasteiger partial charge in [0.25, 0.3) is 5.91 Å². The van der Waals surface area contributed by atoms with Gasteiger partial charge in [-0.3, -0.25) is 4.79 Å². The number of nitrogens with one attached hydrogen (secondary N) is 2. The molecular formula is C17H19N3O3. The molecule has 2 N–H and O–H groups in total. The number of pyridine rings is 1. The number of hydrogen-bond acceptors (Lipinski definition) is 5. The molecule has 3 rings (SSSR count). The number of anilines is 2. The Balaban J connectivity index is 1.73. The van der Waals surface area contributed by atoms with Crippen molar-refractivity contribution < 1.29 is 14.3 Å². The lowest BCUT2D eigenvalue weighted by molar-refractivity contribution is 0.0946. The van der Waals surface area contributed by atoms with Crippen LogP contribution in [0.25, 0.3) is 0 Å². The summed E-state index contributed by atoms with van der Waals surface area (Å²) in [6, 6.07) is 9.33. The second-order valence-corrected chi connectivity index (χ2v) is 5.37. The molecular weight excluding hydrogens is 294 g/mol. The smallest absolute Gasteiger partial charge is 0.270 e. The Morgan fingerprint density at radius 3 is 2.61 bits per heavy atom. The first kappa shape index (κ1) is 15.1. The fourth-order valence-corrected chi connectivity index (χ4v) is 2.16. The van der Waals surface area contributed by atoms with E-state index in [-0.39, 0.29) is 5.91 Å². The molecule has 6 heteroatoms. The van der Waals surface area contributed by atoms with E-state index in [0.717, 1.165) is 30.0 Å². The van der Waals surface area contributed by atoms with Crippen molar-refractivity contribution in [2.45, 2.75) is 18.9 Å². The van der Waals surface area contributed by atoms with Gasteiger partial charge in [-0.2, -0.15) is 0 Å². The lowest BCUT2D eigenvalue weighted by atomic mass is 10.2. The molecule has 0 aliphatic heterocycles. The van der Waals surface area contributed by atoms with Crippen molar-refractivity contribution in [3.8, 4) is 11.5 Å². The molecule has 1 aromatic carbocycles. The summed E-state index contributed by atoms with van der Waals surface area (Å²) >= 11 is 0. The summed E-state index contributed by atoms with van der Waals surface area (Å²) in [5, 5.41) is 6.13. The van der Waals surface area contributed by atoms with E-state index in [0.29, 0.717) is 17.5 Å². The van der Waals surface area contributed by atoms with Crippen molar-refractivity contribution in [3.63, 3.8) is 0 Å². The molecule has 1 saturated carbocycles. The standard InChI is InChI=1S/C17H19N3O3/c1-22-13-6-8-16(23-2)15(9-13)19-12-5-7-14(18-10-12)17(21)20-11-3-4-11/h5-11,19H,3-4H2,1-2H3,(H,20,21). The van der Waals surface area contributed by atoms with Crippen LogP contribution in [0.2, 0.25) is 0 Å². The van der Waals surface area contributed by atoms with Crippen molar-refractivity contribution in [1.82, 2.24) is 10.3 Å². The second-order valence-electron chi connectivity index (χ2n) is 5.37. The Labute approximate surface area is 134 Å². The maximum atomic E-state index is 11.9. The molecule has 2 aromatic rings. The highest BCUT2D eigenvalue weighted by Crippen LogP contribution is 2.31. The van der Waals surface area contributed by atoms with Crippen LogP contribution in [0.15, 0.2) is 36.5 Å². The van der Waals surface area contributed by atoms with E-state index in [4.69, 9.17) is 9.47 Å². The molecule has 1 aliphatic rings. The number of rotatable bonds is 6. The highest BCUT2D eigenvalue weighted by molar-refractivity contribution is 5.92. The normalized spacial score (nSPS) is 13.3. The summed E-state index contributed by atoms with van der Waals surface area (Å²) in [6.07, 6.45) is 3.74. The van der Waals surface area contributed by atoms with E-state index in [9.17, 15) is 4.79 Å². The van der Waals surface area contributed by atoms with Gasteiger partial charge in [0.15, 0.2) is 0 Å². The van der Waals surface area contributed by atoms with Gasteiger partial charge in [0.05, 0.1) is 31.8 Å². The van der Waals surface area contributed by atoms with Crippen LogP contribution in [-0.2, 0) is 0 Å². The van der Waals surface area contributed by atoms with Gasteiger partial charge in [-0.1, -0.05) is 0 Å². The number of aromatic nitrogens is 1. The summed E-state index contributed by atoms with van der Waals surface area (Å²) in [5.74, 6) is 1.29. The van der Waals surface area contributed by atoms with E-state index in [2.05, 4.69) is 15.6 Å². The molecule has 0 saturated heterocycles. The zero-order chi connectivity index (χ0) is 16.2. The van der Waals surface area contributed by atoms with E-state index < -0.39 is 0 Å². The molecule has 0 unspecified atom stereocenters. The number of amides is 1. The molecule has 0 radical (unpaired) electrons. The third-order valence-electron chi connectivity index (χ3n) is 3.59. The van der Waals surface area contributed by atoms with Crippen LogP contribution in [0.3, 0.4) is 0 Å². The monoisotopic (exact) mass is 313 g/mol. The number of carbonyl (C=O) groups excluding carboxylic acids is 1. The van der Waals surface area contributed by atoms with Crippen LogP contribution in [0, 0.1) is 0 Å². The maximum absolute atomic E-state index is 11.9. The minimum Gasteiger partial charge on any atom is -0.497 e. The maximum Gasteiger partial charge on any atom is 0.270 e. The fraction of sp³-hybridized carbons (Fsp3) is 0.294. The summed E-state index contributed by atoms with van der Waals surface area (Å²) in [4.78, 5) is 16.1. The number of nitrogens with zero attached hydrogens (tertiary/aromatic N) is 1. The van der Waals surface area contributed by atoms with Gasteiger partial charge in [0.1, 0.15) is 17.2 Å². The molecule has 0 atom stereocenters. The van der Waals surface area contributed by atoms with Gasteiger partial charge in [0, 0.05) is 12.1 Å². The summed E-state index contributed by atoms with van der Waals surface area (Å²) in [5.41, 5.74) is 1.95. The number of hydrogen-bond donors (Lipinski definition) is 2. The van der Waals surface area contributed by atoms with Crippen LogP contribution in [0.1, 0.15) is 23.3 Å². The van der Waals surface area contributed by atoms with Crippen LogP contribution in [-0.4, -0.2) is 31.2 Å². The molecule has 1 heterocycles. The largest absolute Gasteiger partial charge is 0.497 e. The number of ether oxygens (including phenoxy) is 2. The van der Waals surface area contributed by atoms with Crippen LogP contribution >= 0.6 is 0 Å². The number of methoxy groups -OCH3 is 2. The summed E-state index contributed by atoms with van der Waals surface area (Å²) < 4.78 is 10.5. The molecule has 6 nitrogen and oxygen atoms in total. The first-order chi connectivity index (χ1) is 11.2. The topological polar surface area (TPSA) is 72.5 Å². The predicted octanol–water partition coefficient (Wildman–Crippen LogP) is 2.73. The minimum atomic E-state index is -0.127. The Kier molecular flexibility index (Phi) is 4.32. The van der Waals surface area contributed by atoms with Crippen molar-refractivity contribution >= 4 is 17.3 Å². The summed E-state index contributed by atoms with van der Waals surface area (Å²) in [7, 11) is 3.22. The van der Waals surface area contributed by atoms with E-state index in [1.807, 2.05) is 24.3 Å². The number of benzene rings is 1. The van der Waals surface area contributed by atoms with E-state index >= 15 is 0 Å². The van der Waals surface area contributed by atoms with Crippen molar-refractivity contribution in [2.75, 3.05) is 19.5 Å². The molecule has 0 spiro atoms. The zero-order valence-corrected chi connectivity index (χ0v) is 13.1. The molecule has 1 aromatic heterocycles. The third-order valence-corrected chi connectivity index (χ3v) is 3.59. The quantitative estimate of drug-likeness (QED) is 0.858. The van der Waals surface area contributed by atoms with Gasteiger partial charge < -0.3 is 20.1 Å². The minimum absolute atomic E-state index is 0.127. The SMILES string of the molecule is COc1ccc(OC)c(Nc2ccc(C(=O)NC3CC3)nc2)c1.